The molecule has 1 aromatic heterocycles. The maximum absolute atomic E-state index is 12.5. The zero-order valence-corrected chi connectivity index (χ0v) is 13.7. The normalized spacial score (nSPS) is 14.9. The lowest BCUT2D eigenvalue weighted by molar-refractivity contribution is 0.0746. The van der Waals surface area contributed by atoms with E-state index in [1.165, 1.54) is 10.6 Å². The lowest BCUT2D eigenvalue weighted by atomic mass is 10.2. The summed E-state index contributed by atoms with van der Waals surface area (Å²) in [5, 5.41) is 0.714. The number of pyridine rings is 1. The van der Waals surface area contributed by atoms with Crippen LogP contribution in [0.3, 0.4) is 0 Å². The summed E-state index contributed by atoms with van der Waals surface area (Å²) >= 11 is 6.03. The van der Waals surface area contributed by atoms with Crippen molar-refractivity contribution < 1.29 is 4.79 Å². The number of aryl methyl sites for hydroxylation is 1. The van der Waals surface area contributed by atoms with Crippen molar-refractivity contribution in [1.29, 1.82) is 0 Å². The second-order valence-electron chi connectivity index (χ2n) is 5.63. The van der Waals surface area contributed by atoms with Gasteiger partial charge in [0.25, 0.3) is 5.91 Å². The number of hydrogen-bond donors (Lipinski definition) is 0. The van der Waals surface area contributed by atoms with Gasteiger partial charge in [-0.2, -0.15) is 0 Å². The number of benzene rings is 1. The van der Waals surface area contributed by atoms with Gasteiger partial charge in [0, 0.05) is 56.2 Å². The van der Waals surface area contributed by atoms with Crippen LogP contribution in [0.1, 0.15) is 10.4 Å². The van der Waals surface area contributed by atoms with Crippen molar-refractivity contribution in [3.05, 3.63) is 63.5 Å². The molecule has 0 unspecified atom stereocenters. The van der Waals surface area contributed by atoms with E-state index in [0.717, 1.165) is 18.8 Å². The summed E-state index contributed by atoms with van der Waals surface area (Å²) in [6, 6.07) is 10.8. The van der Waals surface area contributed by atoms with Crippen LogP contribution in [0.2, 0.25) is 5.02 Å². The van der Waals surface area contributed by atoms with Gasteiger partial charge in [-0.1, -0.05) is 17.7 Å². The second kappa shape index (κ2) is 6.46. The van der Waals surface area contributed by atoms with E-state index in [2.05, 4.69) is 4.90 Å². The lowest BCUT2D eigenvalue weighted by Crippen LogP contribution is -2.49. The Morgan fingerprint density at radius 2 is 1.83 bits per heavy atom. The molecular formula is C17H18ClN3O2. The van der Waals surface area contributed by atoms with E-state index >= 15 is 0 Å². The predicted molar refractivity (Wildman–Crippen MR) is 91.3 cm³/mol. The van der Waals surface area contributed by atoms with Gasteiger partial charge in [0.05, 0.1) is 5.56 Å². The Morgan fingerprint density at radius 1 is 1.09 bits per heavy atom. The molecule has 0 atom stereocenters. The van der Waals surface area contributed by atoms with E-state index in [9.17, 15) is 9.59 Å². The van der Waals surface area contributed by atoms with Gasteiger partial charge in [-0.05, 0) is 24.3 Å². The third kappa shape index (κ3) is 3.40. The minimum atomic E-state index is -0.118. The van der Waals surface area contributed by atoms with Crippen LogP contribution in [0, 0.1) is 0 Å². The van der Waals surface area contributed by atoms with Crippen LogP contribution in [-0.2, 0) is 7.05 Å². The van der Waals surface area contributed by atoms with Gasteiger partial charge in [-0.15, -0.1) is 0 Å². The molecule has 23 heavy (non-hydrogen) atoms. The number of hydrogen-bond acceptors (Lipinski definition) is 3. The molecule has 6 heteroatoms. The van der Waals surface area contributed by atoms with E-state index in [-0.39, 0.29) is 11.5 Å². The van der Waals surface area contributed by atoms with Crippen molar-refractivity contribution in [2.24, 2.45) is 7.05 Å². The topological polar surface area (TPSA) is 45.6 Å². The van der Waals surface area contributed by atoms with Crippen molar-refractivity contribution in [3.63, 3.8) is 0 Å². The summed E-state index contributed by atoms with van der Waals surface area (Å²) in [6.07, 6.45) is 1.59. The standard InChI is InChI=1S/C17H18ClN3O2/c1-19-12-13(5-6-16(19)22)17(23)21-9-7-20(8-10-21)15-4-2-3-14(18)11-15/h2-6,11-12H,7-10H2,1H3. The monoisotopic (exact) mass is 331 g/mol. The van der Waals surface area contributed by atoms with Crippen LogP contribution < -0.4 is 10.5 Å². The van der Waals surface area contributed by atoms with Gasteiger partial charge in [-0.25, -0.2) is 0 Å². The third-order valence-electron chi connectivity index (χ3n) is 4.07. The third-order valence-corrected chi connectivity index (χ3v) is 4.31. The van der Waals surface area contributed by atoms with Crippen molar-refractivity contribution in [3.8, 4) is 0 Å². The number of amides is 1. The number of piperazine rings is 1. The molecule has 1 aromatic carbocycles. The zero-order valence-electron chi connectivity index (χ0n) is 12.9. The molecule has 5 nitrogen and oxygen atoms in total. The Hall–Kier alpha value is -2.27. The molecule has 0 saturated carbocycles. The van der Waals surface area contributed by atoms with E-state index in [1.54, 1.807) is 19.3 Å². The molecule has 1 fully saturated rings. The summed E-state index contributed by atoms with van der Waals surface area (Å²) in [7, 11) is 1.65. The van der Waals surface area contributed by atoms with Crippen molar-refractivity contribution in [1.82, 2.24) is 9.47 Å². The fourth-order valence-corrected chi connectivity index (χ4v) is 2.93. The van der Waals surface area contributed by atoms with Gasteiger partial charge in [0.15, 0.2) is 0 Å². The van der Waals surface area contributed by atoms with Crippen LogP contribution in [-0.4, -0.2) is 41.6 Å². The zero-order chi connectivity index (χ0) is 16.4. The molecule has 0 spiro atoms. The molecule has 1 aliphatic heterocycles. The summed E-state index contributed by atoms with van der Waals surface area (Å²) < 4.78 is 1.43. The highest BCUT2D eigenvalue weighted by Gasteiger charge is 2.22. The Bertz CT molecular complexity index is 779. The molecule has 1 aliphatic rings. The maximum Gasteiger partial charge on any atom is 0.255 e. The minimum Gasteiger partial charge on any atom is -0.368 e. The molecule has 0 N–H and O–H groups in total. The molecule has 1 saturated heterocycles. The van der Waals surface area contributed by atoms with Gasteiger partial charge in [-0.3, -0.25) is 9.59 Å². The van der Waals surface area contributed by atoms with Gasteiger partial charge >= 0.3 is 0 Å². The summed E-state index contributed by atoms with van der Waals surface area (Å²) in [6.45, 7) is 2.82. The fourth-order valence-electron chi connectivity index (χ4n) is 2.74. The van der Waals surface area contributed by atoms with Crippen molar-refractivity contribution in [2.75, 3.05) is 31.1 Å². The van der Waals surface area contributed by atoms with Gasteiger partial charge < -0.3 is 14.4 Å². The number of carbonyl (C=O) groups excluding carboxylic acids is 1. The first-order valence-corrected chi connectivity index (χ1v) is 7.89. The maximum atomic E-state index is 12.5. The first-order valence-electron chi connectivity index (χ1n) is 7.51. The van der Waals surface area contributed by atoms with Crippen LogP contribution >= 0.6 is 11.6 Å². The molecule has 120 valence electrons. The van der Waals surface area contributed by atoms with Crippen LogP contribution in [0.4, 0.5) is 5.69 Å². The molecular weight excluding hydrogens is 314 g/mol. The Labute approximate surface area is 139 Å². The minimum absolute atomic E-state index is 0.0358. The van der Waals surface area contributed by atoms with E-state index in [1.807, 2.05) is 29.2 Å². The van der Waals surface area contributed by atoms with E-state index in [4.69, 9.17) is 11.6 Å². The van der Waals surface area contributed by atoms with Crippen molar-refractivity contribution in [2.45, 2.75) is 0 Å². The Kier molecular flexibility index (Phi) is 4.39. The van der Waals surface area contributed by atoms with Crippen LogP contribution in [0.5, 0.6) is 0 Å². The highest BCUT2D eigenvalue weighted by atomic mass is 35.5. The van der Waals surface area contributed by atoms with Crippen molar-refractivity contribution >= 4 is 23.2 Å². The summed E-state index contributed by atoms with van der Waals surface area (Å²) in [5.41, 5.74) is 1.50. The summed E-state index contributed by atoms with van der Waals surface area (Å²) in [4.78, 5) is 28.0. The average Bonchev–Trinajstić information content (AvgIpc) is 2.57. The molecule has 2 heterocycles. The number of carbonyl (C=O) groups is 1. The molecule has 0 aliphatic carbocycles. The quantitative estimate of drug-likeness (QED) is 0.845. The average molecular weight is 332 g/mol. The highest BCUT2D eigenvalue weighted by molar-refractivity contribution is 6.30. The van der Waals surface area contributed by atoms with Gasteiger partial charge in [0.1, 0.15) is 0 Å². The Morgan fingerprint density at radius 3 is 2.48 bits per heavy atom. The van der Waals surface area contributed by atoms with Gasteiger partial charge in [0.2, 0.25) is 5.56 Å². The number of nitrogens with zero attached hydrogens (tertiary/aromatic N) is 3. The first kappa shape index (κ1) is 15.6. The highest BCUT2D eigenvalue weighted by Crippen LogP contribution is 2.21. The molecule has 1 amide bonds. The SMILES string of the molecule is Cn1cc(C(=O)N2CCN(c3cccc(Cl)c3)CC2)ccc1=O. The van der Waals surface area contributed by atoms with Crippen LogP contribution in [0.25, 0.3) is 0 Å². The van der Waals surface area contributed by atoms with E-state index < -0.39 is 0 Å². The van der Waals surface area contributed by atoms with E-state index in [0.29, 0.717) is 23.7 Å². The molecule has 3 rings (SSSR count). The smallest absolute Gasteiger partial charge is 0.255 e. The molecule has 0 radical (unpaired) electrons. The number of anilines is 1. The van der Waals surface area contributed by atoms with Crippen LogP contribution in [0.15, 0.2) is 47.4 Å². The second-order valence-corrected chi connectivity index (χ2v) is 6.06. The number of aromatic nitrogens is 1. The number of rotatable bonds is 2. The summed E-state index contributed by atoms with van der Waals surface area (Å²) in [5.74, 6) is -0.0358. The number of halogens is 1. The first-order chi connectivity index (χ1) is 11.0. The fraction of sp³-hybridized carbons (Fsp3) is 0.294. The lowest BCUT2D eigenvalue weighted by Gasteiger charge is -2.36. The predicted octanol–water partition coefficient (Wildman–Crippen LogP) is 2.00. The Balaban J connectivity index is 1.67. The molecule has 0 bridgehead atoms. The molecule has 2 aromatic rings. The largest absolute Gasteiger partial charge is 0.368 e.